The van der Waals surface area contributed by atoms with Gasteiger partial charge >= 0.3 is 0 Å². The first kappa shape index (κ1) is 16.9. The summed E-state index contributed by atoms with van der Waals surface area (Å²) in [6, 6.07) is 9.52. The number of likely N-dealkylation sites (N-methyl/N-ethyl adjacent to an activating group) is 1. The number of imidazole rings is 1. The molecule has 4 aromatic heterocycles. The molecule has 28 heavy (non-hydrogen) atoms. The molecule has 1 fully saturated rings. The molecule has 7 heteroatoms. The fourth-order valence-corrected chi connectivity index (χ4v) is 3.70. The highest BCUT2D eigenvalue weighted by Crippen LogP contribution is 2.20. The Labute approximate surface area is 162 Å². The van der Waals surface area contributed by atoms with E-state index >= 15 is 0 Å². The van der Waals surface area contributed by atoms with E-state index in [2.05, 4.69) is 26.8 Å². The van der Waals surface area contributed by atoms with Gasteiger partial charge in [-0.2, -0.15) is 0 Å². The van der Waals surface area contributed by atoms with Crippen molar-refractivity contribution >= 4 is 17.0 Å². The zero-order valence-corrected chi connectivity index (χ0v) is 16.0. The normalized spacial score (nSPS) is 15.6. The summed E-state index contributed by atoms with van der Waals surface area (Å²) >= 11 is 0. The first-order valence-corrected chi connectivity index (χ1v) is 9.49. The Balaban J connectivity index is 1.55. The summed E-state index contributed by atoms with van der Waals surface area (Å²) in [5, 5.41) is 0. The number of aryl methyl sites for hydroxylation is 1. The van der Waals surface area contributed by atoms with Crippen LogP contribution in [0.5, 0.6) is 0 Å². The maximum atomic E-state index is 12.8. The zero-order chi connectivity index (χ0) is 19.3. The second-order valence-corrected chi connectivity index (χ2v) is 7.48. The van der Waals surface area contributed by atoms with Gasteiger partial charge in [-0.05, 0) is 37.7 Å². The van der Waals surface area contributed by atoms with Gasteiger partial charge in [0, 0.05) is 50.8 Å². The van der Waals surface area contributed by atoms with Crippen LogP contribution in [0.3, 0.4) is 0 Å². The summed E-state index contributed by atoms with van der Waals surface area (Å²) in [6.45, 7) is 6.01. The van der Waals surface area contributed by atoms with Crippen molar-refractivity contribution in [2.45, 2.75) is 6.92 Å². The van der Waals surface area contributed by atoms with E-state index in [0.717, 1.165) is 43.1 Å². The maximum Gasteiger partial charge on any atom is 0.258 e. The fraction of sp³-hybridized carbons (Fsp3) is 0.286. The molecule has 1 aliphatic heterocycles. The van der Waals surface area contributed by atoms with Crippen molar-refractivity contribution in [3.63, 3.8) is 0 Å². The van der Waals surface area contributed by atoms with E-state index in [1.165, 1.54) is 0 Å². The summed E-state index contributed by atoms with van der Waals surface area (Å²) in [6.07, 6.45) is 5.83. The minimum atomic E-state index is -0.0933. The standard InChI is InChI=1S/C21H22N6O/c1-15-3-5-19-23-18(14-26(19)12-15)17-11-21(28)27-13-16(4-6-20(27)22-17)25-9-7-24(2)8-10-25/h3-6,11-14H,7-10H2,1-2H3. The molecule has 5 rings (SSSR count). The van der Waals surface area contributed by atoms with Gasteiger partial charge in [0.1, 0.15) is 17.0 Å². The van der Waals surface area contributed by atoms with Crippen molar-refractivity contribution in [1.82, 2.24) is 23.7 Å². The molecule has 0 atom stereocenters. The van der Waals surface area contributed by atoms with E-state index in [1.807, 2.05) is 54.2 Å². The summed E-state index contributed by atoms with van der Waals surface area (Å²) < 4.78 is 3.59. The topological polar surface area (TPSA) is 58.2 Å². The van der Waals surface area contributed by atoms with E-state index in [-0.39, 0.29) is 5.56 Å². The third kappa shape index (κ3) is 2.93. The van der Waals surface area contributed by atoms with Crippen molar-refractivity contribution in [1.29, 1.82) is 0 Å². The van der Waals surface area contributed by atoms with Gasteiger partial charge in [0.2, 0.25) is 0 Å². The highest BCUT2D eigenvalue weighted by Gasteiger charge is 2.15. The zero-order valence-electron chi connectivity index (χ0n) is 16.0. The van der Waals surface area contributed by atoms with Crippen molar-refractivity contribution in [2.24, 2.45) is 0 Å². The fourth-order valence-electron chi connectivity index (χ4n) is 3.70. The molecule has 0 saturated carbocycles. The Hall–Kier alpha value is -3.19. The average molecular weight is 374 g/mol. The van der Waals surface area contributed by atoms with Crippen LogP contribution in [-0.2, 0) is 0 Å². The molecule has 0 radical (unpaired) electrons. The third-order valence-electron chi connectivity index (χ3n) is 5.37. The summed E-state index contributed by atoms with van der Waals surface area (Å²) in [5.74, 6) is 0. The highest BCUT2D eigenvalue weighted by molar-refractivity contribution is 5.62. The molecule has 0 aromatic carbocycles. The monoisotopic (exact) mass is 374 g/mol. The first-order chi connectivity index (χ1) is 13.6. The molecule has 1 aliphatic rings. The Morgan fingerprint density at radius 1 is 0.857 bits per heavy atom. The van der Waals surface area contributed by atoms with Gasteiger partial charge in [0.05, 0.1) is 11.4 Å². The number of aromatic nitrogens is 4. The van der Waals surface area contributed by atoms with Gasteiger partial charge in [-0.1, -0.05) is 6.07 Å². The number of anilines is 1. The predicted molar refractivity (Wildman–Crippen MR) is 110 cm³/mol. The molecule has 5 heterocycles. The summed E-state index contributed by atoms with van der Waals surface area (Å²) in [4.78, 5) is 26.7. The van der Waals surface area contributed by atoms with Crippen LogP contribution in [0.15, 0.2) is 53.7 Å². The van der Waals surface area contributed by atoms with E-state index in [4.69, 9.17) is 0 Å². The van der Waals surface area contributed by atoms with Crippen LogP contribution in [0.4, 0.5) is 5.69 Å². The SMILES string of the molecule is Cc1ccc2nc(-c3cc(=O)n4cc(N5CCN(C)CC5)ccc4n3)cn2c1. The molecule has 0 amide bonds. The molecule has 1 saturated heterocycles. The van der Waals surface area contributed by atoms with Crippen LogP contribution < -0.4 is 10.5 Å². The Bertz CT molecular complexity index is 1230. The van der Waals surface area contributed by atoms with Gasteiger partial charge in [-0.25, -0.2) is 9.97 Å². The maximum absolute atomic E-state index is 12.8. The quantitative estimate of drug-likeness (QED) is 0.538. The van der Waals surface area contributed by atoms with Crippen molar-refractivity contribution < 1.29 is 0 Å². The lowest BCUT2D eigenvalue weighted by molar-refractivity contribution is 0.313. The van der Waals surface area contributed by atoms with E-state index in [0.29, 0.717) is 17.0 Å². The van der Waals surface area contributed by atoms with Crippen molar-refractivity contribution in [3.8, 4) is 11.4 Å². The number of hydrogen-bond acceptors (Lipinski definition) is 5. The third-order valence-corrected chi connectivity index (χ3v) is 5.37. The van der Waals surface area contributed by atoms with Crippen LogP contribution in [0.2, 0.25) is 0 Å². The number of piperazine rings is 1. The average Bonchev–Trinajstić information content (AvgIpc) is 3.11. The molecule has 0 spiro atoms. The molecule has 0 aliphatic carbocycles. The minimum absolute atomic E-state index is 0.0933. The number of pyridine rings is 2. The van der Waals surface area contributed by atoms with Crippen LogP contribution >= 0.6 is 0 Å². The van der Waals surface area contributed by atoms with Crippen molar-refractivity contribution in [2.75, 3.05) is 38.1 Å². The van der Waals surface area contributed by atoms with Crippen molar-refractivity contribution in [3.05, 3.63) is 64.8 Å². The van der Waals surface area contributed by atoms with Gasteiger partial charge in [-0.3, -0.25) is 9.20 Å². The Kier molecular flexibility index (Phi) is 3.91. The number of fused-ring (bicyclic) bond motifs is 2. The lowest BCUT2D eigenvalue weighted by Gasteiger charge is -2.34. The van der Waals surface area contributed by atoms with E-state index in [9.17, 15) is 4.79 Å². The molecular formula is C21H22N6O. The molecule has 0 unspecified atom stereocenters. The lowest BCUT2D eigenvalue weighted by atomic mass is 10.2. The molecule has 0 N–H and O–H groups in total. The van der Waals surface area contributed by atoms with Crippen LogP contribution in [0.25, 0.3) is 22.7 Å². The number of hydrogen-bond donors (Lipinski definition) is 0. The molecule has 7 nitrogen and oxygen atoms in total. The number of nitrogens with zero attached hydrogens (tertiary/aromatic N) is 6. The molecule has 142 valence electrons. The summed E-state index contributed by atoms with van der Waals surface area (Å²) in [5.41, 5.74) is 4.89. The lowest BCUT2D eigenvalue weighted by Crippen LogP contribution is -2.44. The molecular weight excluding hydrogens is 352 g/mol. The van der Waals surface area contributed by atoms with Gasteiger partial charge in [-0.15, -0.1) is 0 Å². The number of rotatable bonds is 2. The Morgan fingerprint density at radius 2 is 1.61 bits per heavy atom. The predicted octanol–water partition coefficient (Wildman–Crippen LogP) is 2.07. The second-order valence-electron chi connectivity index (χ2n) is 7.48. The van der Waals surface area contributed by atoms with Crippen LogP contribution in [-0.4, -0.2) is 56.9 Å². The van der Waals surface area contributed by atoms with Gasteiger partial charge in [0.25, 0.3) is 5.56 Å². The summed E-state index contributed by atoms with van der Waals surface area (Å²) in [7, 11) is 2.13. The Morgan fingerprint density at radius 3 is 2.43 bits per heavy atom. The van der Waals surface area contributed by atoms with E-state index < -0.39 is 0 Å². The van der Waals surface area contributed by atoms with Gasteiger partial charge in [0.15, 0.2) is 0 Å². The molecule has 4 aromatic rings. The minimum Gasteiger partial charge on any atom is -0.368 e. The van der Waals surface area contributed by atoms with Crippen LogP contribution in [0, 0.1) is 6.92 Å². The second kappa shape index (κ2) is 6.45. The van der Waals surface area contributed by atoms with Crippen LogP contribution in [0.1, 0.15) is 5.56 Å². The smallest absolute Gasteiger partial charge is 0.258 e. The van der Waals surface area contributed by atoms with E-state index in [1.54, 1.807) is 10.5 Å². The first-order valence-electron chi connectivity index (χ1n) is 9.49. The highest BCUT2D eigenvalue weighted by atomic mass is 16.1. The van der Waals surface area contributed by atoms with Gasteiger partial charge < -0.3 is 14.2 Å². The molecule has 0 bridgehead atoms. The largest absolute Gasteiger partial charge is 0.368 e.